The minimum absolute atomic E-state index is 0.00861. The SMILES string of the molecule is N#CC1=C(N)SC(N)=C(C#N)C1c1ccc(F)cc1F. The predicted molar refractivity (Wildman–Crippen MR) is 70.3 cm³/mol. The number of thioether (sulfide) groups is 1. The molecule has 0 amide bonds. The molecule has 1 aromatic carbocycles. The fourth-order valence-corrected chi connectivity index (χ4v) is 2.73. The van der Waals surface area contributed by atoms with Crippen LogP contribution < -0.4 is 11.5 Å². The highest BCUT2D eigenvalue weighted by Gasteiger charge is 2.32. The zero-order valence-corrected chi connectivity index (χ0v) is 10.8. The van der Waals surface area contributed by atoms with Crippen molar-refractivity contribution >= 4 is 11.8 Å². The normalized spacial score (nSPS) is 16.0. The first-order valence-electron chi connectivity index (χ1n) is 5.41. The third-order valence-electron chi connectivity index (χ3n) is 2.84. The minimum Gasteiger partial charge on any atom is -0.392 e. The zero-order chi connectivity index (χ0) is 14.9. The molecule has 4 nitrogen and oxygen atoms in total. The maximum Gasteiger partial charge on any atom is 0.130 e. The molecule has 0 spiro atoms. The van der Waals surface area contributed by atoms with Crippen molar-refractivity contribution in [2.24, 2.45) is 11.5 Å². The van der Waals surface area contributed by atoms with Crippen LogP contribution in [0.1, 0.15) is 11.5 Å². The number of hydrogen-bond acceptors (Lipinski definition) is 5. The lowest BCUT2D eigenvalue weighted by Gasteiger charge is -2.23. The van der Waals surface area contributed by atoms with Gasteiger partial charge in [-0.2, -0.15) is 10.5 Å². The van der Waals surface area contributed by atoms with Gasteiger partial charge in [0.2, 0.25) is 0 Å². The summed E-state index contributed by atoms with van der Waals surface area (Å²) in [6.07, 6.45) is 0. The van der Waals surface area contributed by atoms with Crippen molar-refractivity contribution in [2.45, 2.75) is 5.92 Å². The molecule has 0 saturated carbocycles. The predicted octanol–water partition coefficient (Wildman–Crippen LogP) is 2.18. The van der Waals surface area contributed by atoms with E-state index in [0.29, 0.717) is 6.07 Å². The fraction of sp³-hybridized carbons (Fsp3) is 0.0769. The molecule has 0 fully saturated rings. The van der Waals surface area contributed by atoms with E-state index in [1.165, 1.54) is 6.07 Å². The number of benzene rings is 1. The van der Waals surface area contributed by atoms with Crippen LogP contribution >= 0.6 is 11.8 Å². The Morgan fingerprint density at radius 3 is 2.05 bits per heavy atom. The Morgan fingerprint density at radius 1 is 1.05 bits per heavy atom. The number of allylic oxidation sites excluding steroid dienone is 2. The van der Waals surface area contributed by atoms with Crippen LogP contribution in [0, 0.1) is 34.3 Å². The number of hydrogen-bond donors (Lipinski definition) is 2. The second kappa shape index (κ2) is 5.24. The Kier molecular flexibility index (Phi) is 3.64. The van der Waals surface area contributed by atoms with E-state index in [4.69, 9.17) is 22.0 Å². The Morgan fingerprint density at radius 2 is 1.60 bits per heavy atom. The first-order chi connectivity index (χ1) is 9.49. The fourth-order valence-electron chi connectivity index (χ4n) is 1.94. The van der Waals surface area contributed by atoms with E-state index < -0.39 is 17.6 Å². The summed E-state index contributed by atoms with van der Waals surface area (Å²) >= 11 is 0.887. The number of nitriles is 2. The van der Waals surface area contributed by atoms with Gasteiger partial charge in [-0.05, 0) is 6.07 Å². The van der Waals surface area contributed by atoms with Crippen molar-refractivity contribution in [1.82, 2.24) is 0 Å². The number of rotatable bonds is 1. The molecule has 1 aliphatic heterocycles. The summed E-state index contributed by atoms with van der Waals surface area (Å²) in [5.41, 5.74) is 11.5. The number of nitrogens with zero attached hydrogens (tertiary/aromatic N) is 2. The largest absolute Gasteiger partial charge is 0.392 e. The van der Waals surface area contributed by atoms with E-state index in [1.54, 1.807) is 0 Å². The maximum atomic E-state index is 13.9. The van der Waals surface area contributed by atoms with Crippen molar-refractivity contribution in [1.29, 1.82) is 10.5 Å². The van der Waals surface area contributed by atoms with E-state index in [0.717, 1.165) is 17.8 Å². The molecular weight excluding hydrogens is 282 g/mol. The van der Waals surface area contributed by atoms with Gasteiger partial charge in [-0.15, -0.1) is 0 Å². The van der Waals surface area contributed by atoms with Crippen LogP contribution in [0.4, 0.5) is 8.78 Å². The highest BCUT2D eigenvalue weighted by Crippen LogP contribution is 2.43. The lowest BCUT2D eigenvalue weighted by atomic mass is 9.85. The highest BCUT2D eigenvalue weighted by atomic mass is 32.2. The molecule has 1 aliphatic rings. The van der Waals surface area contributed by atoms with E-state index in [2.05, 4.69) is 0 Å². The molecule has 2 rings (SSSR count). The van der Waals surface area contributed by atoms with E-state index in [1.807, 2.05) is 12.1 Å². The molecule has 0 unspecified atom stereocenters. The molecule has 4 N–H and O–H groups in total. The van der Waals surface area contributed by atoms with E-state index in [9.17, 15) is 8.78 Å². The monoisotopic (exact) mass is 290 g/mol. The van der Waals surface area contributed by atoms with Gasteiger partial charge < -0.3 is 11.5 Å². The topological polar surface area (TPSA) is 99.6 Å². The molecule has 1 aromatic rings. The minimum atomic E-state index is -1.01. The van der Waals surface area contributed by atoms with Crippen molar-refractivity contribution < 1.29 is 8.78 Å². The zero-order valence-electron chi connectivity index (χ0n) is 10.0. The summed E-state index contributed by atoms with van der Waals surface area (Å²) in [7, 11) is 0. The van der Waals surface area contributed by atoms with Gasteiger partial charge >= 0.3 is 0 Å². The van der Waals surface area contributed by atoms with Gasteiger partial charge in [-0.1, -0.05) is 17.8 Å². The van der Waals surface area contributed by atoms with Gasteiger partial charge in [0, 0.05) is 11.6 Å². The van der Waals surface area contributed by atoms with Crippen LogP contribution in [-0.4, -0.2) is 0 Å². The van der Waals surface area contributed by atoms with Crippen molar-refractivity contribution in [3.05, 3.63) is 56.6 Å². The maximum absolute atomic E-state index is 13.9. The Hall–Kier alpha value is -2.51. The summed E-state index contributed by atoms with van der Waals surface area (Å²) < 4.78 is 26.9. The molecule has 1 heterocycles. The van der Waals surface area contributed by atoms with Crippen molar-refractivity contribution in [2.75, 3.05) is 0 Å². The average Bonchev–Trinajstić information content (AvgIpc) is 2.38. The van der Waals surface area contributed by atoms with Crippen LogP contribution in [0.3, 0.4) is 0 Å². The summed E-state index contributed by atoms with van der Waals surface area (Å²) in [6, 6.07) is 6.64. The van der Waals surface area contributed by atoms with Gasteiger partial charge in [-0.25, -0.2) is 8.78 Å². The first kappa shape index (κ1) is 13.9. The van der Waals surface area contributed by atoms with Crippen LogP contribution in [0.15, 0.2) is 39.4 Å². The van der Waals surface area contributed by atoms with Gasteiger partial charge in [-0.3, -0.25) is 0 Å². The standard InChI is InChI=1S/C13H8F2N4S/c14-6-1-2-7(10(15)3-6)11-8(4-16)12(18)20-13(19)9(11)5-17/h1-3,11H,18-19H2. The number of nitrogens with two attached hydrogens (primary N) is 2. The van der Waals surface area contributed by atoms with Crippen LogP contribution in [0.5, 0.6) is 0 Å². The third kappa shape index (κ3) is 2.20. The third-order valence-corrected chi connectivity index (χ3v) is 3.72. The second-order valence-corrected chi connectivity index (χ2v) is 5.06. The molecule has 100 valence electrons. The van der Waals surface area contributed by atoms with Gasteiger partial charge in [0.05, 0.1) is 39.3 Å². The molecule has 7 heteroatoms. The Balaban J connectivity index is 2.69. The smallest absolute Gasteiger partial charge is 0.130 e. The van der Waals surface area contributed by atoms with Crippen LogP contribution in [-0.2, 0) is 0 Å². The van der Waals surface area contributed by atoms with Gasteiger partial charge in [0.15, 0.2) is 0 Å². The van der Waals surface area contributed by atoms with Crippen molar-refractivity contribution in [3.63, 3.8) is 0 Å². The molecule has 20 heavy (non-hydrogen) atoms. The quantitative estimate of drug-likeness (QED) is 0.825. The lowest BCUT2D eigenvalue weighted by molar-refractivity contribution is 0.570. The Labute approximate surface area is 118 Å². The second-order valence-electron chi connectivity index (χ2n) is 3.98. The lowest BCUT2D eigenvalue weighted by Crippen LogP contribution is -2.19. The highest BCUT2D eigenvalue weighted by molar-refractivity contribution is 8.06. The first-order valence-corrected chi connectivity index (χ1v) is 6.23. The molecule has 0 radical (unpaired) electrons. The van der Waals surface area contributed by atoms with Crippen LogP contribution in [0.25, 0.3) is 0 Å². The average molecular weight is 290 g/mol. The molecular formula is C13H8F2N4S. The van der Waals surface area contributed by atoms with E-state index >= 15 is 0 Å². The summed E-state index contributed by atoms with van der Waals surface area (Å²) in [5, 5.41) is 18.6. The van der Waals surface area contributed by atoms with Gasteiger partial charge in [0.25, 0.3) is 0 Å². The van der Waals surface area contributed by atoms with Crippen LogP contribution in [0.2, 0.25) is 0 Å². The Bertz CT molecular complexity index is 689. The summed E-state index contributed by atoms with van der Waals surface area (Å²) in [4.78, 5) is 0. The van der Waals surface area contributed by atoms with Crippen molar-refractivity contribution in [3.8, 4) is 12.1 Å². The molecule has 0 aliphatic carbocycles. The number of halogens is 2. The summed E-state index contributed by atoms with van der Waals surface area (Å²) in [5.74, 6) is -2.61. The summed E-state index contributed by atoms with van der Waals surface area (Å²) in [6.45, 7) is 0. The molecule has 0 saturated heterocycles. The molecule has 0 aromatic heterocycles. The van der Waals surface area contributed by atoms with Gasteiger partial charge in [0.1, 0.15) is 11.6 Å². The van der Waals surface area contributed by atoms with E-state index in [-0.39, 0.29) is 26.8 Å². The molecule has 0 atom stereocenters. The molecule has 0 bridgehead atoms.